The highest BCUT2D eigenvalue weighted by atomic mass is 16.5. The van der Waals surface area contributed by atoms with Crippen LogP contribution in [0.1, 0.15) is 0 Å². The number of nitrogens with one attached hydrogen (secondary N) is 1. The van der Waals surface area contributed by atoms with Gasteiger partial charge in [0, 0.05) is 6.54 Å². The average molecular weight is 187 g/mol. The fourth-order valence-electron chi connectivity index (χ4n) is 1.25. The SMILES string of the molecule is COC(=O)C1C(=O)NCC1C(=O)O. The normalized spacial score (nSPS) is 26.7. The summed E-state index contributed by atoms with van der Waals surface area (Å²) in [4.78, 5) is 32.6. The van der Waals surface area contributed by atoms with Gasteiger partial charge in [-0.2, -0.15) is 0 Å². The lowest BCUT2D eigenvalue weighted by atomic mass is 9.96. The molecule has 2 unspecified atom stereocenters. The molecule has 0 radical (unpaired) electrons. The van der Waals surface area contributed by atoms with Gasteiger partial charge in [-0.15, -0.1) is 0 Å². The lowest BCUT2D eigenvalue weighted by molar-refractivity contribution is -0.156. The molecule has 1 amide bonds. The molecule has 0 aliphatic carbocycles. The van der Waals surface area contributed by atoms with Gasteiger partial charge in [-0.1, -0.05) is 0 Å². The van der Waals surface area contributed by atoms with Gasteiger partial charge in [0.2, 0.25) is 5.91 Å². The molecule has 1 saturated heterocycles. The van der Waals surface area contributed by atoms with Crippen LogP contribution in [0.25, 0.3) is 0 Å². The Morgan fingerprint density at radius 1 is 1.62 bits per heavy atom. The molecule has 0 aromatic heterocycles. The van der Waals surface area contributed by atoms with E-state index in [-0.39, 0.29) is 6.54 Å². The number of carbonyl (C=O) groups is 3. The number of rotatable bonds is 2. The quantitative estimate of drug-likeness (QED) is 0.410. The fourth-order valence-corrected chi connectivity index (χ4v) is 1.25. The summed E-state index contributed by atoms with van der Waals surface area (Å²) in [6.45, 7) is -0.0199. The predicted octanol–water partition coefficient (Wildman–Crippen LogP) is -1.39. The Bertz CT molecular complexity index is 262. The molecule has 13 heavy (non-hydrogen) atoms. The molecular formula is C7H9NO5. The van der Waals surface area contributed by atoms with Crippen molar-refractivity contribution >= 4 is 17.8 Å². The van der Waals surface area contributed by atoms with Crippen molar-refractivity contribution < 1.29 is 24.2 Å². The lowest BCUT2D eigenvalue weighted by Crippen LogP contribution is -2.32. The largest absolute Gasteiger partial charge is 0.481 e. The summed E-state index contributed by atoms with van der Waals surface area (Å²) >= 11 is 0. The molecule has 1 rings (SSSR count). The van der Waals surface area contributed by atoms with Crippen LogP contribution in [0.4, 0.5) is 0 Å². The van der Waals surface area contributed by atoms with Crippen molar-refractivity contribution in [1.82, 2.24) is 5.32 Å². The minimum absolute atomic E-state index is 0.0199. The summed E-state index contributed by atoms with van der Waals surface area (Å²) in [6.07, 6.45) is 0. The van der Waals surface area contributed by atoms with Gasteiger partial charge in [-0.3, -0.25) is 14.4 Å². The zero-order valence-corrected chi connectivity index (χ0v) is 6.94. The third-order valence-electron chi connectivity index (χ3n) is 1.95. The maximum absolute atomic E-state index is 11.0. The number of esters is 1. The Morgan fingerprint density at radius 3 is 2.69 bits per heavy atom. The van der Waals surface area contributed by atoms with Gasteiger partial charge in [0.1, 0.15) is 0 Å². The van der Waals surface area contributed by atoms with Crippen LogP contribution >= 0.6 is 0 Å². The zero-order chi connectivity index (χ0) is 10.0. The second-order valence-electron chi connectivity index (χ2n) is 2.69. The summed E-state index contributed by atoms with van der Waals surface area (Å²) in [6, 6.07) is 0. The highest BCUT2D eigenvalue weighted by Gasteiger charge is 2.45. The van der Waals surface area contributed by atoms with Crippen molar-refractivity contribution in [3.05, 3.63) is 0 Å². The summed E-state index contributed by atoms with van der Waals surface area (Å²) in [5.74, 6) is -4.78. The molecule has 0 aromatic carbocycles. The van der Waals surface area contributed by atoms with E-state index in [0.717, 1.165) is 7.11 Å². The van der Waals surface area contributed by atoms with Gasteiger partial charge in [0.05, 0.1) is 13.0 Å². The second kappa shape index (κ2) is 3.42. The molecule has 1 fully saturated rings. The molecular weight excluding hydrogens is 178 g/mol. The standard InChI is InChI=1S/C7H9NO5/c1-13-7(12)4-3(6(10)11)2-8-5(4)9/h3-4H,2H2,1H3,(H,8,9)(H,10,11). The maximum Gasteiger partial charge on any atom is 0.319 e. The van der Waals surface area contributed by atoms with Crippen LogP contribution in [0.5, 0.6) is 0 Å². The summed E-state index contributed by atoms with van der Waals surface area (Å²) < 4.78 is 4.32. The first-order valence-electron chi connectivity index (χ1n) is 3.66. The number of carboxylic acid groups (broad SMARTS) is 1. The van der Waals surface area contributed by atoms with Crippen molar-refractivity contribution in [1.29, 1.82) is 0 Å². The number of hydrogen-bond acceptors (Lipinski definition) is 4. The number of hydrogen-bond donors (Lipinski definition) is 2. The van der Waals surface area contributed by atoms with E-state index in [1.807, 2.05) is 0 Å². The lowest BCUT2D eigenvalue weighted by Gasteiger charge is -2.09. The van der Waals surface area contributed by atoms with E-state index < -0.39 is 29.7 Å². The van der Waals surface area contributed by atoms with Crippen LogP contribution in [0, 0.1) is 11.8 Å². The van der Waals surface area contributed by atoms with E-state index in [0.29, 0.717) is 0 Å². The van der Waals surface area contributed by atoms with Gasteiger partial charge >= 0.3 is 11.9 Å². The van der Waals surface area contributed by atoms with Gasteiger partial charge in [0.25, 0.3) is 0 Å². The molecule has 2 N–H and O–H groups in total. The van der Waals surface area contributed by atoms with E-state index >= 15 is 0 Å². The Labute approximate surface area is 73.9 Å². The fraction of sp³-hybridized carbons (Fsp3) is 0.571. The van der Waals surface area contributed by atoms with Crippen LogP contribution in [0.15, 0.2) is 0 Å². The van der Waals surface area contributed by atoms with Crippen LogP contribution in [-0.4, -0.2) is 36.6 Å². The molecule has 6 nitrogen and oxygen atoms in total. The Kier molecular flexibility index (Phi) is 2.50. The van der Waals surface area contributed by atoms with Crippen molar-refractivity contribution in [2.45, 2.75) is 0 Å². The minimum atomic E-state index is -1.21. The number of carbonyl (C=O) groups excluding carboxylic acids is 2. The van der Waals surface area contributed by atoms with E-state index in [1.165, 1.54) is 0 Å². The minimum Gasteiger partial charge on any atom is -0.481 e. The van der Waals surface area contributed by atoms with Crippen LogP contribution in [0.3, 0.4) is 0 Å². The molecule has 72 valence electrons. The Morgan fingerprint density at radius 2 is 2.23 bits per heavy atom. The number of ether oxygens (including phenoxy) is 1. The van der Waals surface area contributed by atoms with E-state index in [1.54, 1.807) is 0 Å². The average Bonchev–Trinajstić information content (AvgIpc) is 2.46. The third kappa shape index (κ3) is 1.61. The van der Waals surface area contributed by atoms with Crippen LogP contribution in [-0.2, 0) is 19.1 Å². The molecule has 0 spiro atoms. The first-order valence-corrected chi connectivity index (χ1v) is 3.66. The van der Waals surface area contributed by atoms with E-state index in [2.05, 4.69) is 10.1 Å². The van der Waals surface area contributed by atoms with Crippen molar-refractivity contribution in [2.24, 2.45) is 11.8 Å². The van der Waals surface area contributed by atoms with E-state index in [9.17, 15) is 14.4 Å². The molecule has 1 heterocycles. The smallest absolute Gasteiger partial charge is 0.319 e. The molecule has 2 atom stereocenters. The van der Waals surface area contributed by atoms with Crippen LogP contribution in [0.2, 0.25) is 0 Å². The molecule has 0 bridgehead atoms. The first-order chi connectivity index (χ1) is 6.07. The Hall–Kier alpha value is -1.59. The third-order valence-corrected chi connectivity index (χ3v) is 1.95. The monoisotopic (exact) mass is 187 g/mol. The summed E-state index contributed by atoms with van der Waals surface area (Å²) in [5.41, 5.74) is 0. The van der Waals surface area contributed by atoms with E-state index in [4.69, 9.17) is 5.11 Å². The van der Waals surface area contributed by atoms with Crippen molar-refractivity contribution in [3.63, 3.8) is 0 Å². The summed E-state index contributed by atoms with van der Waals surface area (Å²) in [7, 11) is 1.12. The molecule has 1 aliphatic heterocycles. The number of methoxy groups -OCH3 is 1. The number of carboxylic acids is 1. The number of amides is 1. The summed E-state index contributed by atoms with van der Waals surface area (Å²) in [5, 5.41) is 10.9. The van der Waals surface area contributed by atoms with Gasteiger partial charge in [0.15, 0.2) is 5.92 Å². The highest BCUT2D eigenvalue weighted by Crippen LogP contribution is 2.19. The first kappa shape index (κ1) is 9.50. The molecule has 0 aromatic rings. The van der Waals surface area contributed by atoms with Gasteiger partial charge < -0.3 is 15.2 Å². The molecule has 0 saturated carbocycles. The molecule has 6 heteroatoms. The zero-order valence-electron chi connectivity index (χ0n) is 6.94. The molecule has 1 aliphatic rings. The van der Waals surface area contributed by atoms with Crippen molar-refractivity contribution in [2.75, 3.05) is 13.7 Å². The van der Waals surface area contributed by atoms with Gasteiger partial charge in [-0.05, 0) is 0 Å². The van der Waals surface area contributed by atoms with Crippen molar-refractivity contribution in [3.8, 4) is 0 Å². The topological polar surface area (TPSA) is 92.7 Å². The van der Waals surface area contributed by atoms with Crippen LogP contribution < -0.4 is 5.32 Å². The van der Waals surface area contributed by atoms with Gasteiger partial charge in [-0.25, -0.2) is 0 Å². The second-order valence-corrected chi connectivity index (χ2v) is 2.69. The maximum atomic E-state index is 11.0. The predicted molar refractivity (Wildman–Crippen MR) is 39.6 cm³/mol. The highest BCUT2D eigenvalue weighted by molar-refractivity contribution is 6.03. The number of aliphatic carboxylic acids is 1. The Balaban J connectivity index is 2.83.